The Kier molecular flexibility index (Phi) is 3.07. The quantitative estimate of drug-likeness (QED) is 0.698. The predicted molar refractivity (Wildman–Crippen MR) is 42.7 cm³/mol. The molecule has 4 heteroatoms. The smallest absolute Gasteiger partial charge is 0.191 e. The average Bonchev–Trinajstić information content (AvgIpc) is 2.03. The van der Waals surface area contributed by atoms with Crippen LogP contribution >= 0.6 is 0 Å². The Morgan fingerprint density at radius 3 is 2.55 bits per heavy atom. The van der Waals surface area contributed by atoms with Crippen LogP contribution in [0.3, 0.4) is 0 Å². The number of benzene rings is 1. The van der Waals surface area contributed by atoms with E-state index in [4.69, 9.17) is 9.29 Å². The van der Waals surface area contributed by atoms with Crippen LogP contribution in [-0.4, -0.2) is 14.7 Å². The lowest BCUT2D eigenvalue weighted by Gasteiger charge is -2.00. The Balaban J connectivity index is 2.45. The topological polar surface area (TPSA) is 46.5 Å². The number of para-hydroxylation sites is 1. The molecule has 3 nitrogen and oxygen atoms in total. The largest absolute Gasteiger partial charge is 0.478 e. The average molecular weight is 172 g/mol. The molecule has 0 aliphatic heterocycles. The molecule has 0 bridgehead atoms. The fourth-order valence-corrected chi connectivity index (χ4v) is 0.872. The minimum absolute atomic E-state index is 0.177. The normalized spacial score (nSPS) is 12.5. The molecule has 0 saturated carbocycles. The first-order chi connectivity index (χ1) is 5.29. The first-order valence-corrected chi connectivity index (χ1v) is 4.32. The van der Waals surface area contributed by atoms with Crippen molar-refractivity contribution in [3.05, 3.63) is 30.3 Å². The predicted octanol–water partition coefficient (Wildman–Crippen LogP) is 1.24. The first-order valence-electron chi connectivity index (χ1n) is 3.04. The van der Waals surface area contributed by atoms with Gasteiger partial charge in [-0.3, -0.25) is 0 Å². The molecule has 0 aliphatic carbocycles. The molecule has 0 spiro atoms. The van der Waals surface area contributed by atoms with Crippen LogP contribution < -0.4 is 4.74 Å². The van der Waals surface area contributed by atoms with Crippen LogP contribution in [0.2, 0.25) is 0 Å². The third-order valence-electron chi connectivity index (χ3n) is 1.07. The van der Waals surface area contributed by atoms with Crippen LogP contribution in [0, 0.1) is 0 Å². The second kappa shape index (κ2) is 4.10. The molecular formula is C7H8O3S. The van der Waals surface area contributed by atoms with Gasteiger partial charge in [0.25, 0.3) is 0 Å². The van der Waals surface area contributed by atoms with E-state index in [1.807, 2.05) is 6.07 Å². The number of hydrogen-bond acceptors (Lipinski definition) is 2. The highest BCUT2D eigenvalue weighted by atomic mass is 32.2. The Hall–Kier alpha value is -0.870. The van der Waals surface area contributed by atoms with Crippen LogP contribution in [0.5, 0.6) is 5.75 Å². The zero-order chi connectivity index (χ0) is 8.10. The minimum atomic E-state index is -1.89. The Morgan fingerprint density at radius 2 is 2.00 bits per heavy atom. The SMILES string of the molecule is O=S(O)COc1ccccc1. The van der Waals surface area contributed by atoms with Crippen molar-refractivity contribution in [3.63, 3.8) is 0 Å². The molecule has 0 saturated heterocycles. The molecule has 0 heterocycles. The van der Waals surface area contributed by atoms with Crippen molar-refractivity contribution in [2.24, 2.45) is 0 Å². The van der Waals surface area contributed by atoms with E-state index >= 15 is 0 Å². The first kappa shape index (κ1) is 8.23. The van der Waals surface area contributed by atoms with E-state index in [1.165, 1.54) is 0 Å². The summed E-state index contributed by atoms with van der Waals surface area (Å²) in [5.74, 6) is 0.430. The number of rotatable bonds is 3. The van der Waals surface area contributed by atoms with Gasteiger partial charge in [0.1, 0.15) is 5.75 Å². The molecule has 1 N–H and O–H groups in total. The van der Waals surface area contributed by atoms with Crippen molar-refractivity contribution in [1.82, 2.24) is 0 Å². The van der Waals surface area contributed by atoms with Gasteiger partial charge in [-0.15, -0.1) is 0 Å². The van der Waals surface area contributed by atoms with Gasteiger partial charge in [0, 0.05) is 0 Å². The summed E-state index contributed by atoms with van der Waals surface area (Å²) in [4.78, 5) is 0. The van der Waals surface area contributed by atoms with Gasteiger partial charge in [0.05, 0.1) is 0 Å². The van der Waals surface area contributed by atoms with Crippen LogP contribution in [0.4, 0.5) is 0 Å². The molecule has 1 unspecified atom stereocenters. The third kappa shape index (κ3) is 3.15. The highest BCUT2D eigenvalue weighted by Crippen LogP contribution is 2.07. The lowest BCUT2D eigenvalue weighted by Crippen LogP contribution is -2.02. The maximum Gasteiger partial charge on any atom is 0.191 e. The number of hydrogen-bond donors (Lipinski definition) is 1. The number of ether oxygens (including phenoxy) is 1. The summed E-state index contributed by atoms with van der Waals surface area (Å²) in [5, 5.41) is 0. The van der Waals surface area contributed by atoms with Gasteiger partial charge in [-0.05, 0) is 12.1 Å². The van der Waals surface area contributed by atoms with Crippen molar-refractivity contribution < 1.29 is 13.5 Å². The molecule has 0 fully saturated rings. The molecule has 1 aromatic carbocycles. The second-order valence-electron chi connectivity index (χ2n) is 1.90. The lowest BCUT2D eigenvalue weighted by molar-refractivity contribution is 0.372. The second-order valence-corrected chi connectivity index (χ2v) is 2.78. The molecule has 0 amide bonds. The van der Waals surface area contributed by atoms with Crippen molar-refractivity contribution in [2.75, 3.05) is 5.94 Å². The Labute approximate surface area is 67.3 Å². The van der Waals surface area contributed by atoms with E-state index in [9.17, 15) is 4.21 Å². The summed E-state index contributed by atoms with van der Waals surface area (Å²) in [5.41, 5.74) is 0. The van der Waals surface area contributed by atoms with E-state index in [0.717, 1.165) is 0 Å². The van der Waals surface area contributed by atoms with Gasteiger partial charge in [0.2, 0.25) is 0 Å². The highest BCUT2D eigenvalue weighted by molar-refractivity contribution is 7.79. The molecule has 60 valence electrons. The van der Waals surface area contributed by atoms with Gasteiger partial charge in [0.15, 0.2) is 17.0 Å². The van der Waals surface area contributed by atoms with Crippen molar-refractivity contribution >= 4 is 11.1 Å². The summed E-state index contributed by atoms with van der Waals surface area (Å²) >= 11 is -1.89. The summed E-state index contributed by atoms with van der Waals surface area (Å²) in [7, 11) is 0. The van der Waals surface area contributed by atoms with E-state index in [-0.39, 0.29) is 5.94 Å². The van der Waals surface area contributed by atoms with Gasteiger partial charge in [-0.2, -0.15) is 0 Å². The fourth-order valence-electron chi connectivity index (χ4n) is 0.635. The van der Waals surface area contributed by atoms with Crippen molar-refractivity contribution in [3.8, 4) is 5.75 Å². The summed E-state index contributed by atoms with van der Waals surface area (Å²) in [6.07, 6.45) is 0. The van der Waals surface area contributed by atoms with E-state index in [2.05, 4.69) is 0 Å². The van der Waals surface area contributed by atoms with Crippen molar-refractivity contribution in [2.45, 2.75) is 0 Å². The lowest BCUT2D eigenvalue weighted by atomic mass is 10.3. The van der Waals surface area contributed by atoms with E-state index in [1.54, 1.807) is 24.3 Å². The standard InChI is InChI=1S/C7H8O3S/c8-11(9)6-10-7-4-2-1-3-5-7/h1-5H,6H2,(H,8,9). The molecule has 0 aliphatic rings. The van der Waals surface area contributed by atoms with Crippen LogP contribution in [0.15, 0.2) is 30.3 Å². The molecule has 1 aromatic rings. The third-order valence-corrected chi connectivity index (χ3v) is 1.39. The zero-order valence-electron chi connectivity index (χ0n) is 5.77. The maximum atomic E-state index is 10.2. The minimum Gasteiger partial charge on any atom is -0.478 e. The fraction of sp³-hybridized carbons (Fsp3) is 0.143. The van der Waals surface area contributed by atoms with Crippen LogP contribution in [0.1, 0.15) is 0 Å². The summed E-state index contributed by atoms with van der Waals surface area (Å²) < 4.78 is 23.4. The Morgan fingerprint density at radius 1 is 1.36 bits per heavy atom. The van der Waals surface area contributed by atoms with Gasteiger partial charge < -0.3 is 9.29 Å². The Bertz CT molecular complexity index is 235. The summed E-state index contributed by atoms with van der Waals surface area (Å²) in [6.45, 7) is 0. The highest BCUT2D eigenvalue weighted by Gasteiger charge is 1.93. The van der Waals surface area contributed by atoms with Gasteiger partial charge in [-0.1, -0.05) is 18.2 Å². The van der Waals surface area contributed by atoms with Gasteiger partial charge in [-0.25, -0.2) is 4.21 Å². The molecule has 1 atom stereocenters. The van der Waals surface area contributed by atoms with E-state index in [0.29, 0.717) is 5.75 Å². The molecular weight excluding hydrogens is 164 g/mol. The van der Waals surface area contributed by atoms with Crippen molar-refractivity contribution in [1.29, 1.82) is 0 Å². The zero-order valence-corrected chi connectivity index (χ0v) is 6.58. The summed E-state index contributed by atoms with van der Waals surface area (Å²) in [6, 6.07) is 8.91. The van der Waals surface area contributed by atoms with Gasteiger partial charge >= 0.3 is 0 Å². The van der Waals surface area contributed by atoms with E-state index < -0.39 is 11.1 Å². The molecule has 0 aromatic heterocycles. The molecule has 0 radical (unpaired) electrons. The maximum absolute atomic E-state index is 10.2. The van der Waals surface area contributed by atoms with Crippen LogP contribution in [0.25, 0.3) is 0 Å². The molecule has 11 heavy (non-hydrogen) atoms. The van der Waals surface area contributed by atoms with Crippen LogP contribution in [-0.2, 0) is 11.1 Å². The monoisotopic (exact) mass is 172 g/mol. The molecule has 1 rings (SSSR count).